The van der Waals surface area contributed by atoms with E-state index in [4.69, 9.17) is 0 Å². The third kappa shape index (κ3) is 7.68. The van der Waals surface area contributed by atoms with Crippen LogP contribution in [0.3, 0.4) is 0 Å². The van der Waals surface area contributed by atoms with E-state index in [0.717, 1.165) is 37.5 Å². The number of halogens is 3. The lowest BCUT2D eigenvalue weighted by molar-refractivity contribution is 0.287. The first-order valence-corrected chi connectivity index (χ1v) is 12.9. The predicted octanol–water partition coefficient (Wildman–Crippen LogP) is 9.49. The average molecular weight is 435 g/mol. The molecule has 1 aromatic carbocycles. The van der Waals surface area contributed by atoms with E-state index in [0.29, 0.717) is 11.5 Å². The van der Waals surface area contributed by atoms with Gasteiger partial charge in [-0.15, -0.1) is 0 Å². The van der Waals surface area contributed by atoms with E-state index in [-0.39, 0.29) is 5.92 Å². The van der Waals surface area contributed by atoms with E-state index in [1.54, 1.807) is 0 Å². The van der Waals surface area contributed by atoms with Crippen LogP contribution in [-0.2, 0) is 0 Å². The van der Waals surface area contributed by atoms with Gasteiger partial charge in [0.1, 0.15) is 0 Å². The van der Waals surface area contributed by atoms with Crippen molar-refractivity contribution < 1.29 is 13.2 Å². The summed E-state index contributed by atoms with van der Waals surface area (Å²) < 4.78 is 40.3. The van der Waals surface area contributed by atoms with Gasteiger partial charge in [-0.1, -0.05) is 64.0 Å². The van der Waals surface area contributed by atoms with Gasteiger partial charge in [-0.3, -0.25) is 0 Å². The molecule has 3 heteroatoms. The zero-order valence-corrected chi connectivity index (χ0v) is 19.4. The average Bonchev–Trinajstić information content (AvgIpc) is 2.79. The molecule has 3 rings (SSSR count). The molecule has 2 aliphatic carbocycles. The Kier molecular flexibility index (Phi) is 9.99. The summed E-state index contributed by atoms with van der Waals surface area (Å²) in [6.07, 6.45) is 24.1. The highest BCUT2D eigenvalue weighted by atomic mass is 19.2. The van der Waals surface area contributed by atoms with Crippen molar-refractivity contribution >= 4 is 0 Å². The first kappa shape index (κ1) is 24.4. The standard InChI is InChI=1S/C28H41F3/c1-2-3-4-5-6-7-8-21-9-11-22(12-10-21)13-14-23-15-17-24(18-16-23)25-19-26(29)28(31)27(30)20-25/h13-14,19-24H,2-12,15-18H2,1H3/t21-,22-,23-,24-. The fraction of sp³-hybridized carbons (Fsp3) is 0.714. The third-order valence-corrected chi connectivity index (χ3v) is 7.76. The lowest BCUT2D eigenvalue weighted by Crippen LogP contribution is -2.15. The molecule has 0 amide bonds. The summed E-state index contributed by atoms with van der Waals surface area (Å²) in [6.45, 7) is 2.27. The second-order valence-corrected chi connectivity index (χ2v) is 10.1. The molecule has 2 fully saturated rings. The van der Waals surface area contributed by atoms with Crippen LogP contribution in [0, 0.1) is 35.2 Å². The zero-order valence-electron chi connectivity index (χ0n) is 19.4. The molecular weight excluding hydrogens is 393 g/mol. The molecule has 174 valence electrons. The quantitative estimate of drug-likeness (QED) is 0.195. The third-order valence-electron chi connectivity index (χ3n) is 7.76. The molecule has 2 saturated carbocycles. The molecule has 1 aromatic rings. The molecular formula is C28H41F3. The van der Waals surface area contributed by atoms with Crippen LogP contribution in [0.5, 0.6) is 0 Å². The Hall–Kier alpha value is -1.25. The van der Waals surface area contributed by atoms with E-state index < -0.39 is 17.5 Å². The topological polar surface area (TPSA) is 0 Å². The fourth-order valence-electron chi connectivity index (χ4n) is 5.65. The Morgan fingerprint density at radius 3 is 1.81 bits per heavy atom. The normalized spacial score (nSPS) is 27.1. The van der Waals surface area contributed by atoms with Gasteiger partial charge < -0.3 is 0 Å². The van der Waals surface area contributed by atoms with E-state index in [9.17, 15) is 13.2 Å². The summed E-state index contributed by atoms with van der Waals surface area (Å²) in [5.41, 5.74) is 0.613. The van der Waals surface area contributed by atoms with Gasteiger partial charge in [0.2, 0.25) is 0 Å². The molecule has 0 aromatic heterocycles. The summed E-state index contributed by atoms with van der Waals surface area (Å²) in [5, 5.41) is 0. The highest BCUT2D eigenvalue weighted by Crippen LogP contribution is 2.38. The van der Waals surface area contributed by atoms with Gasteiger partial charge in [0.15, 0.2) is 17.5 Å². The minimum absolute atomic E-state index is 0.145. The molecule has 0 nitrogen and oxygen atoms in total. The number of allylic oxidation sites excluding steroid dienone is 2. The zero-order chi connectivity index (χ0) is 22.1. The minimum Gasteiger partial charge on any atom is -0.204 e. The second kappa shape index (κ2) is 12.7. The number of rotatable bonds is 10. The van der Waals surface area contributed by atoms with Gasteiger partial charge in [-0.05, 0) is 92.7 Å². The fourth-order valence-corrected chi connectivity index (χ4v) is 5.65. The van der Waals surface area contributed by atoms with Crippen LogP contribution >= 0.6 is 0 Å². The Labute approximate surface area is 187 Å². The number of hydrogen-bond donors (Lipinski definition) is 0. The molecule has 2 aliphatic rings. The molecule has 0 N–H and O–H groups in total. The number of benzene rings is 1. The van der Waals surface area contributed by atoms with E-state index in [1.165, 1.54) is 82.8 Å². The van der Waals surface area contributed by atoms with Crippen molar-refractivity contribution in [3.63, 3.8) is 0 Å². The summed E-state index contributed by atoms with van der Waals surface area (Å²) in [6, 6.07) is 2.37. The molecule has 0 unspecified atom stereocenters. The van der Waals surface area contributed by atoms with Crippen LogP contribution in [0.1, 0.15) is 115 Å². The summed E-state index contributed by atoms with van der Waals surface area (Å²) >= 11 is 0. The van der Waals surface area contributed by atoms with Crippen LogP contribution in [0.15, 0.2) is 24.3 Å². The minimum atomic E-state index is -1.36. The van der Waals surface area contributed by atoms with Crippen molar-refractivity contribution in [2.75, 3.05) is 0 Å². The van der Waals surface area contributed by atoms with E-state index in [1.807, 2.05) is 0 Å². The van der Waals surface area contributed by atoms with Crippen molar-refractivity contribution in [1.82, 2.24) is 0 Å². The van der Waals surface area contributed by atoms with Crippen molar-refractivity contribution in [2.24, 2.45) is 17.8 Å². The summed E-state index contributed by atoms with van der Waals surface area (Å²) in [7, 11) is 0. The highest BCUT2D eigenvalue weighted by Gasteiger charge is 2.24. The van der Waals surface area contributed by atoms with Gasteiger partial charge in [0, 0.05) is 0 Å². The maximum atomic E-state index is 13.5. The van der Waals surface area contributed by atoms with Crippen molar-refractivity contribution in [3.05, 3.63) is 47.3 Å². The maximum absolute atomic E-state index is 13.5. The van der Waals surface area contributed by atoms with E-state index in [2.05, 4.69) is 19.1 Å². The van der Waals surface area contributed by atoms with Crippen molar-refractivity contribution in [1.29, 1.82) is 0 Å². The summed E-state index contributed by atoms with van der Waals surface area (Å²) in [5.74, 6) is -1.09. The molecule has 0 bridgehead atoms. The van der Waals surface area contributed by atoms with Gasteiger partial charge in [-0.2, -0.15) is 0 Å². The lowest BCUT2D eigenvalue weighted by atomic mass is 9.76. The van der Waals surface area contributed by atoms with Gasteiger partial charge in [-0.25, -0.2) is 13.2 Å². The van der Waals surface area contributed by atoms with Crippen molar-refractivity contribution in [2.45, 2.75) is 109 Å². The van der Waals surface area contributed by atoms with Gasteiger partial charge in [0.05, 0.1) is 0 Å². The lowest BCUT2D eigenvalue weighted by Gasteiger charge is -2.29. The molecule has 0 heterocycles. The molecule has 0 radical (unpaired) electrons. The molecule has 0 atom stereocenters. The SMILES string of the molecule is CCCCCCCC[C@H]1CC[C@H](C=C[C@H]2CC[C@H](c3cc(F)c(F)c(F)c3)CC2)CC1. The van der Waals surface area contributed by atoms with Gasteiger partial charge in [0.25, 0.3) is 0 Å². The largest absolute Gasteiger partial charge is 0.204 e. The van der Waals surface area contributed by atoms with Gasteiger partial charge >= 0.3 is 0 Å². The summed E-state index contributed by atoms with van der Waals surface area (Å²) in [4.78, 5) is 0. The Morgan fingerprint density at radius 2 is 1.23 bits per heavy atom. The van der Waals surface area contributed by atoms with Crippen LogP contribution in [0.4, 0.5) is 13.2 Å². The first-order valence-electron chi connectivity index (χ1n) is 12.9. The monoisotopic (exact) mass is 434 g/mol. The predicted molar refractivity (Wildman–Crippen MR) is 124 cm³/mol. The van der Waals surface area contributed by atoms with Crippen molar-refractivity contribution in [3.8, 4) is 0 Å². The highest BCUT2D eigenvalue weighted by molar-refractivity contribution is 5.23. The number of hydrogen-bond acceptors (Lipinski definition) is 0. The van der Waals surface area contributed by atoms with Crippen LogP contribution in [0.2, 0.25) is 0 Å². The second-order valence-electron chi connectivity index (χ2n) is 10.1. The number of unbranched alkanes of at least 4 members (excludes halogenated alkanes) is 5. The smallest absolute Gasteiger partial charge is 0.194 e. The van der Waals surface area contributed by atoms with Crippen LogP contribution in [0.25, 0.3) is 0 Å². The van der Waals surface area contributed by atoms with Crippen LogP contribution < -0.4 is 0 Å². The molecule has 0 saturated heterocycles. The Balaban J connectivity index is 1.33. The molecule has 31 heavy (non-hydrogen) atoms. The van der Waals surface area contributed by atoms with Crippen LogP contribution in [-0.4, -0.2) is 0 Å². The van der Waals surface area contributed by atoms with E-state index >= 15 is 0 Å². The first-order chi connectivity index (χ1) is 15.1. The Bertz CT molecular complexity index is 656. The Morgan fingerprint density at radius 1 is 0.710 bits per heavy atom. The molecule has 0 spiro atoms. The molecule has 0 aliphatic heterocycles. The maximum Gasteiger partial charge on any atom is 0.194 e.